The molecule has 7 heteroatoms. The normalized spacial score (nSPS) is 24.7. The Morgan fingerprint density at radius 1 is 1.16 bits per heavy atom. The smallest absolute Gasteiger partial charge is 0.178 e. The van der Waals surface area contributed by atoms with E-state index in [4.69, 9.17) is 0 Å². The van der Waals surface area contributed by atoms with Crippen molar-refractivity contribution in [2.45, 2.75) is 23.3 Å². The number of hydrogen-bond donors (Lipinski definition) is 1. The summed E-state index contributed by atoms with van der Waals surface area (Å²) in [5, 5.41) is 13.7. The van der Waals surface area contributed by atoms with Gasteiger partial charge in [0.05, 0.1) is 28.6 Å². The molecule has 0 bridgehead atoms. The minimum absolute atomic E-state index is 0.0273. The standard InChI is InChI=1S/C18H19NO5S/c20-14-6-8-18(9-7-14)12-17(13-19-18,16(21)22)10-11-25(23,24)15-4-2-1-3-5-15/h1-9,19H,10-13H2,(H,21,22). The molecule has 1 saturated heterocycles. The Kier molecular flexibility index (Phi) is 4.38. The first-order valence-corrected chi connectivity index (χ1v) is 9.68. The van der Waals surface area contributed by atoms with Gasteiger partial charge in [0.2, 0.25) is 0 Å². The van der Waals surface area contributed by atoms with Crippen LogP contribution in [0.4, 0.5) is 0 Å². The molecule has 25 heavy (non-hydrogen) atoms. The predicted octanol–water partition coefficient (Wildman–Crippen LogP) is -1.01. The molecule has 1 aliphatic carbocycles. The molecule has 1 aliphatic heterocycles. The van der Waals surface area contributed by atoms with Gasteiger partial charge in [-0.25, -0.2) is 8.42 Å². The summed E-state index contributed by atoms with van der Waals surface area (Å²) in [7, 11) is -3.57. The Balaban J connectivity index is 1.79. The van der Waals surface area contributed by atoms with E-state index in [1.807, 2.05) is 5.32 Å². The van der Waals surface area contributed by atoms with Gasteiger partial charge in [0.15, 0.2) is 15.6 Å². The van der Waals surface area contributed by atoms with Crippen molar-refractivity contribution in [2.24, 2.45) is 5.41 Å². The highest BCUT2D eigenvalue weighted by molar-refractivity contribution is 7.91. The number of carboxylic acids is 1. The highest BCUT2D eigenvalue weighted by atomic mass is 32.2. The largest absolute Gasteiger partial charge is 0.549 e. The fraction of sp³-hybridized carbons (Fsp3) is 0.333. The molecule has 3 rings (SSSR count). The lowest BCUT2D eigenvalue weighted by molar-refractivity contribution is -0.688. The Morgan fingerprint density at radius 3 is 2.40 bits per heavy atom. The van der Waals surface area contributed by atoms with Crippen molar-refractivity contribution in [3.63, 3.8) is 0 Å². The molecule has 1 aromatic rings. The van der Waals surface area contributed by atoms with Gasteiger partial charge in [-0.1, -0.05) is 18.2 Å². The van der Waals surface area contributed by atoms with Gasteiger partial charge in [-0.2, -0.15) is 0 Å². The molecule has 0 saturated carbocycles. The van der Waals surface area contributed by atoms with Crippen LogP contribution in [0.5, 0.6) is 0 Å². The average molecular weight is 361 g/mol. The number of benzene rings is 1. The first-order valence-electron chi connectivity index (χ1n) is 8.03. The molecule has 1 heterocycles. The van der Waals surface area contributed by atoms with Crippen LogP contribution in [0.3, 0.4) is 0 Å². The van der Waals surface area contributed by atoms with Crippen LogP contribution in [0.15, 0.2) is 59.5 Å². The lowest BCUT2D eigenvalue weighted by Gasteiger charge is -2.28. The molecule has 1 atom stereocenters. The number of quaternary nitrogens is 1. The predicted molar refractivity (Wildman–Crippen MR) is 88.0 cm³/mol. The molecule has 0 aromatic heterocycles. The zero-order valence-corrected chi connectivity index (χ0v) is 14.4. The number of allylic oxidation sites excluding steroid dienone is 2. The molecule has 0 amide bonds. The summed E-state index contributed by atoms with van der Waals surface area (Å²) in [4.78, 5) is 23.3. The average Bonchev–Trinajstić information content (AvgIpc) is 2.97. The highest BCUT2D eigenvalue weighted by Crippen LogP contribution is 2.36. The van der Waals surface area contributed by atoms with Crippen LogP contribution in [-0.4, -0.2) is 38.0 Å². The molecule has 1 aromatic carbocycles. The third kappa shape index (κ3) is 3.43. The van der Waals surface area contributed by atoms with Crippen molar-refractivity contribution in [1.82, 2.24) is 0 Å². The topological polar surface area (TPSA) is 108 Å². The maximum absolute atomic E-state index is 12.5. The first kappa shape index (κ1) is 17.6. The lowest BCUT2D eigenvalue weighted by Crippen LogP contribution is -2.93. The Bertz CT molecular complexity index is 841. The molecule has 0 radical (unpaired) electrons. The summed E-state index contributed by atoms with van der Waals surface area (Å²) in [5.41, 5.74) is -1.87. The molecule has 1 spiro atoms. The molecular weight excluding hydrogens is 342 g/mol. The molecule has 2 N–H and O–H groups in total. The van der Waals surface area contributed by atoms with Gasteiger partial charge >= 0.3 is 0 Å². The minimum atomic E-state index is -3.57. The van der Waals surface area contributed by atoms with E-state index in [1.165, 1.54) is 24.3 Å². The molecule has 2 aliphatic rings. The Morgan fingerprint density at radius 2 is 1.80 bits per heavy atom. The molecule has 1 unspecified atom stereocenters. The van der Waals surface area contributed by atoms with E-state index >= 15 is 0 Å². The van der Waals surface area contributed by atoms with E-state index in [2.05, 4.69) is 0 Å². The number of carbonyl (C=O) groups excluding carboxylic acids is 2. The minimum Gasteiger partial charge on any atom is -0.549 e. The number of ketones is 1. The summed E-state index contributed by atoms with van der Waals surface area (Å²) in [5.74, 6) is -1.65. The summed E-state index contributed by atoms with van der Waals surface area (Å²) in [6.07, 6.45) is 6.38. The monoisotopic (exact) mass is 361 g/mol. The van der Waals surface area contributed by atoms with E-state index in [1.54, 1.807) is 30.4 Å². The molecule has 6 nitrogen and oxygen atoms in total. The second-order valence-electron chi connectivity index (χ2n) is 6.72. The fourth-order valence-electron chi connectivity index (χ4n) is 3.48. The number of sulfone groups is 1. The highest BCUT2D eigenvalue weighted by Gasteiger charge is 2.51. The number of carbonyl (C=O) groups is 2. The van der Waals surface area contributed by atoms with Crippen molar-refractivity contribution in [3.8, 4) is 0 Å². The van der Waals surface area contributed by atoms with Gasteiger partial charge in [0.1, 0.15) is 5.54 Å². The van der Waals surface area contributed by atoms with E-state index < -0.39 is 26.8 Å². The maximum atomic E-state index is 12.5. The SMILES string of the molecule is O=C1C=CC2(C=C1)CC(CCS(=O)(=O)c1ccccc1)(C(=O)[O-])C[NH2+]2. The van der Waals surface area contributed by atoms with E-state index in [-0.39, 0.29) is 35.8 Å². The van der Waals surface area contributed by atoms with Gasteiger partial charge in [0, 0.05) is 6.42 Å². The van der Waals surface area contributed by atoms with Crippen LogP contribution in [0.2, 0.25) is 0 Å². The number of nitrogens with two attached hydrogens (primary N) is 1. The number of aliphatic carboxylic acids is 1. The molecule has 132 valence electrons. The summed E-state index contributed by atoms with van der Waals surface area (Å²) >= 11 is 0. The van der Waals surface area contributed by atoms with Crippen molar-refractivity contribution in [2.75, 3.05) is 12.3 Å². The number of hydrogen-bond acceptors (Lipinski definition) is 5. The van der Waals surface area contributed by atoms with E-state index in [0.29, 0.717) is 0 Å². The Labute approximate surface area is 146 Å². The third-order valence-electron chi connectivity index (χ3n) is 5.02. The quantitative estimate of drug-likeness (QED) is 0.723. The van der Waals surface area contributed by atoms with Crippen molar-refractivity contribution >= 4 is 21.6 Å². The van der Waals surface area contributed by atoms with Gasteiger partial charge in [-0.15, -0.1) is 0 Å². The van der Waals surface area contributed by atoms with Crippen molar-refractivity contribution in [3.05, 3.63) is 54.6 Å². The van der Waals surface area contributed by atoms with Crippen LogP contribution in [-0.2, 0) is 19.4 Å². The van der Waals surface area contributed by atoms with Crippen LogP contribution in [0.1, 0.15) is 12.8 Å². The molecular formula is C18H19NO5S. The maximum Gasteiger partial charge on any atom is 0.178 e. The zero-order chi connectivity index (χ0) is 18.1. The third-order valence-corrected chi connectivity index (χ3v) is 6.75. The summed E-state index contributed by atoms with van der Waals surface area (Å²) in [6.45, 7) is 0.211. The molecule has 1 fully saturated rings. The van der Waals surface area contributed by atoms with E-state index in [9.17, 15) is 23.1 Å². The number of rotatable bonds is 5. The van der Waals surface area contributed by atoms with Crippen molar-refractivity contribution in [1.29, 1.82) is 0 Å². The second kappa shape index (κ2) is 6.24. The van der Waals surface area contributed by atoms with E-state index in [0.717, 1.165) is 0 Å². The van der Waals surface area contributed by atoms with Gasteiger partial charge in [0.25, 0.3) is 0 Å². The second-order valence-corrected chi connectivity index (χ2v) is 8.83. The fourth-order valence-corrected chi connectivity index (χ4v) is 4.95. The van der Waals surface area contributed by atoms with Crippen LogP contribution in [0.25, 0.3) is 0 Å². The number of carboxylic acid groups (broad SMARTS) is 1. The van der Waals surface area contributed by atoms with Crippen LogP contribution >= 0.6 is 0 Å². The first-order chi connectivity index (χ1) is 11.8. The van der Waals surface area contributed by atoms with Crippen molar-refractivity contribution < 1.29 is 28.4 Å². The van der Waals surface area contributed by atoms with Gasteiger partial charge in [-0.05, 0) is 42.9 Å². The lowest BCUT2D eigenvalue weighted by atomic mass is 9.77. The van der Waals surface area contributed by atoms with Gasteiger partial charge < -0.3 is 15.2 Å². The summed E-state index contributed by atoms with van der Waals surface area (Å²) < 4.78 is 24.9. The van der Waals surface area contributed by atoms with Crippen LogP contribution in [0, 0.1) is 5.41 Å². The van der Waals surface area contributed by atoms with Gasteiger partial charge in [-0.3, -0.25) is 4.79 Å². The Hall–Kier alpha value is -2.25. The summed E-state index contributed by atoms with van der Waals surface area (Å²) in [6, 6.07) is 7.99. The zero-order valence-electron chi connectivity index (χ0n) is 13.6. The van der Waals surface area contributed by atoms with Crippen LogP contribution < -0.4 is 10.4 Å².